The average Bonchev–Trinajstić information content (AvgIpc) is 2.62. The van der Waals surface area contributed by atoms with Crippen molar-refractivity contribution in [3.05, 3.63) is 46.5 Å². The first-order valence-corrected chi connectivity index (χ1v) is 8.43. The quantitative estimate of drug-likeness (QED) is 0.894. The Hall–Kier alpha value is -2.10. The van der Waals surface area contributed by atoms with Crippen LogP contribution in [0.4, 0.5) is 0 Å². The fourth-order valence-corrected chi connectivity index (χ4v) is 1.74. The number of fused-ring (bicyclic) bond motifs is 1. The zero-order valence-electron chi connectivity index (χ0n) is 15.1. The van der Waals surface area contributed by atoms with E-state index in [1.54, 1.807) is 24.3 Å². The van der Waals surface area contributed by atoms with Crippen molar-refractivity contribution in [2.24, 2.45) is 5.92 Å². The van der Waals surface area contributed by atoms with Crippen LogP contribution >= 0.6 is 0 Å². The highest BCUT2D eigenvalue weighted by Crippen LogP contribution is 2.11. The second-order valence-corrected chi connectivity index (χ2v) is 4.71. The highest BCUT2D eigenvalue weighted by atomic mass is 16.4. The summed E-state index contributed by atoms with van der Waals surface area (Å²) in [4.78, 5) is 23.7. The third-order valence-electron chi connectivity index (χ3n) is 3.20. The Bertz CT molecular complexity index is 646. The van der Waals surface area contributed by atoms with Crippen molar-refractivity contribution >= 4 is 16.7 Å². The van der Waals surface area contributed by atoms with E-state index >= 15 is 0 Å². The maximum atomic E-state index is 11.9. The molecule has 0 spiro atoms. The standard InChI is InChI=1S/C15H17NO3.2C2H6/c1-3-10(2)9-16-14(17)13-8-11-6-4-5-7-12(11)15(18)19-13;2*1-2/h4-8,10H,3,9H2,1-2H3,(H,16,17);2*1-2H3. The van der Waals surface area contributed by atoms with Crippen LogP contribution < -0.4 is 10.9 Å². The van der Waals surface area contributed by atoms with E-state index in [0.29, 0.717) is 23.2 Å². The van der Waals surface area contributed by atoms with Crippen molar-refractivity contribution in [3.8, 4) is 0 Å². The molecule has 4 heteroatoms. The molecular formula is C19H29NO3. The van der Waals surface area contributed by atoms with Gasteiger partial charge < -0.3 is 9.73 Å². The molecule has 0 aliphatic heterocycles. The first-order valence-electron chi connectivity index (χ1n) is 8.43. The number of hydrogen-bond acceptors (Lipinski definition) is 3. The molecule has 1 N–H and O–H groups in total. The van der Waals surface area contributed by atoms with Crippen molar-refractivity contribution in [3.63, 3.8) is 0 Å². The smallest absolute Gasteiger partial charge is 0.344 e. The molecule has 4 nitrogen and oxygen atoms in total. The number of rotatable bonds is 4. The third kappa shape index (κ3) is 6.27. The van der Waals surface area contributed by atoms with Gasteiger partial charge in [0.1, 0.15) is 0 Å². The maximum absolute atomic E-state index is 11.9. The number of benzene rings is 1. The number of carbonyl (C=O) groups excluding carboxylic acids is 1. The molecule has 0 aliphatic rings. The van der Waals surface area contributed by atoms with Gasteiger partial charge in [0.2, 0.25) is 0 Å². The second kappa shape index (κ2) is 11.5. The lowest BCUT2D eigenvalue weighted by Gasteiger charge is -2.09. The molecule has 128 valence electrons. The zero-order chi connectivity index (χ0) is 17.8. The summed E-state index contributed by atoms with van der Waals surface area (Å²) >= 11 is 0. The van der Waals surface area contributed by atoms with Gasteiger partial charge in [0.05, 0.1) is 5.39 Å². The molecular weight excluding hydrogens is 290 g/mol. The van der Waals surface area contributed by atoms with Gasteiger partial charge in [0, 0.05) is 6.54 Å². The highest BCUT2D eigenvalue weighted by molar-refractivity contribution is 5.95. The molecule has 0 saturated carbocycles. The average molecular weight is 319 g/mol. The Morgan fingerprint density at radius 3 is 2.39 bits per heavy atom. The van der Waals surface area contributed by atoms with Crippen LogP contribution in [0.25, 0.3) is 10.8 Å². The monoisotopic (exact) mass is 319 g/mol. The molecule has 1 heterocycles. The van der Waals surface area contributed by atoms with E-state index in [0.717, 1.165) is 6.42 Å². The van der Waals surface area contributed by atoms with Crippen LogP contribution in [0.1, 0.15) is 58.5 Å². The summed E-state index contributed by atoms with van der Waals surface area (Å²) in [5.41, 5.74) is -0.480. The second-order valence-electron chi connectivity index (χ2n) is 4.71. The topological polar surface area (TPSA) is 59.3 Å². The molecule has 0 aliphatic carbocycles. The number of amides is 1. The van der Waals surface area contributed by atoms with Gasteiger partial charge in [-0.3, -0.25) is 4.79 Å². The summed E-state index contributed by atoms with van der Waals surface area (Å²) in [6.07, 6.45) is 0.988. The van der Waals surface area contributed by atoms with Gasteiger partial charge in [-0.25, -0.2) is 4.79 Å². The molecule has 1 amide bonds. The zero-order valence-corrected chi connectivity index (χ0v) is 15.1. The number of hydrogen-bond donors (Lipinski definition) is 1. The van der Waals surface area contributed by atoms with Gasteiger partial charge >= 0.3 is 5.63 Å². The lowest BCUT2D eigenvalue weighted by molar-refractivity contribution is 0.0916. The maximum Gasteiger partial charge on any atom is 0.344 e. The minimum atomic E-state index is -0.480. The highest BCUT2D eigenvalue weighted by Gasteiger charge is 2.12. The molecule has 1 atom stereocenters. The van der Waals surface area contributed by atoms with Crippen LogP contribution in [-0.2, 0) is 0 Å². The fraction of sp³-hybridized carbons (Fsp3) is 0.474. The van der Waals surface area contributed by atoms with Crippen molar-refractivity contribution in [1.82, 2.24) is 5.32 Å². The first-order chi connectivity index (χ1) is 11.1. The molecule has 23 heavy (non-hydrogen) atoms. The number of carbonyl (C=O) groups is 1. The summed E-state index contributed by atoms with van der Waals surface area (Å²) in [7, 11) is 0. The summed E-state index contributed by atoms with van der Waals surface area (Å²) in [6.45, 7) is 12.7. The Morgan fingerprint density at radius 2 is 1.78 bits per heavy atom. The van der Waals surface area contributed by atoms with Gasteiger partial charge in [-0.05, 0) is 23.4 Å². The fourth-order valence-electron chi connectivity index (χ4n) is 1.74. The van der Waals surface area contributed by atoms with E-state index in [1.165, 1.54) is 0 Å². The van der Waals surface area contributed by atoms with Crippen LogP contribution in [0.15, 0.2) is 39.5 Å². The van der Waals surface area contributed by atoms with E-state index < -0.39 is 5.63 Å². The van der Waals surface area contributed by atoms with Gasteiger partial charge in [-0.1, -0.05) is 66.2 Å². The van der Waals surface area contributed by atoms with E-state index in [1.807, 2.05) is 33.8 Å². The predicted molar refractivity (Wildman–Crippen MR) is 97.0 cm³/mol. The molecule has 0 saturated heterocycles. The molecule has 1 aromatic carbocycles. The lowest BCUT2D eigenvalue weighted by atomic mass is 10.1. The van der Waals surface area contributed by atoms with Crippen molar-refractivity contribution in [1.29, 1.82) is 0 Å². The van der Waals surface area contributed by atoms with Gasteiger partial charge in [-0.2, -0.15) is 0 Å². The summed E-state index contributed by atoms with van der Waals surface area (Å²) in [6, 6.07) is 8.66. The van der Waals surface area contributed by atoms with Crippen LogP contribution in [-0.4, -0.2) is 12.5 Å². The van der Waals surface area contributed by atoms with Gasteiger partial charge in [0.15, 0.2) is 5.76 Å². The minimum absolute atomic E-state index is 0.0620. The van der Waals surface area contributed by atoms with Gasteiger partial charge in [0.25, 0.3) is 5.91 Å². The Balaban J connectivity index is 0.00000112. The van der Waals surface area contributed by atoms with Crippen LogP contribution in [0.2, 0.25) is 0 Å². The molecule has 0 radical (unpaired) electrons. The summed E-state index contributed by atoms with van der Waals surface area (Å²) in [5.74, 6) is 0.117. The largest absolute Gasteiger partial charge is 0.417 e. The molecule has 2 aromatic rings. The molecule has 0 bridgehead atoms. The van der Waals surface area contributed by atoms with Crippen molar-refractivity contribution in [2.75, 3.05) is 6.54 Å². The summed E-state index contributed by atoms with van der Waals surface area (Å²) < 4.78 is 5.05. The molecule has 1 unspecified atom stereocenters. The van der Waals surface area contributed by atoms with E-state index in [-0.39, 0.29) is 11.7 Å². The Kier molecular flexibility index (Phi) is 10.4. The third-order valence-corrected chi connectivity index (χ3v) is 3.20. The van der Waals surface area contributed by atoms with Crippen LogP contribution in [0.5, 0.6) is 0 Å². The SMILES string of the molecule is CC.CC.CCC(C)CNC(=O)c1cc2ccccc2c(=O)o1. The molecule has 1 aromatic heterocycles. The molecule has 0 fully saturated rings. The normalized spacial score (nSPS) is 10.7. The minimum Gasteiger partial charge on any atom is -0.417 e. The van der Waals surface area contributed by atoms with Gasteiger partial charge in [-0.15, -0.1) is 0 Å². The first kappa shape index (κ1) is 20.9. The van der Waals surface area contributed by atoms with E-state index in [9.17, 15) is 9.59 Å². The van der Waals surface area contributed by atoms with E-state index in [4.69, 9.17) is 4.42 Å². The summed E-state index contributed by atoms with van der Waals surface area (Å²) in [5, 5.41) is 3.97. The van der Waals surface area contributed by atoms with Crippen molar-refractivity contribution in [2.45, 2.75) is 48.0 Å². The van der Waals surface area contributed by atoms with Crippen LogP contribution in [0.3, 0.4) is 0 Å². The molecule has 2 rings (SSSR count). The number of nitrogens with one attached hydrogen (secondary N) is 1. The van der Waals surface area contributed by atoms with Crippen LogP contribution in [0, 0.1) is 5.92 Å². The predicted octanol–water partition coefficient (Wildman–Crippen LogP) is 4.62. The Morgan fingerprint density at radius 1 is 1.17 bits per heavy atom. The Labute approximate surface area is 138 Å². The lowest BCUT2D eigenvalue weighted by Crippen LogP contribution is -2.28. The van der Waals surface area contributed by atoms with E-state index in [2.05, 4.69) is 19.2 Å². The van der Waals surface area contributed by atoms with Crippen molar-refractivity contribution < 1.29 is 9.21 Å².